The maximum Gasteiger partial charge on any atom is 0.0373 e. The van der Waals surface area contributed by atoms with Crippen molar-refractivity contribution in [1.29, 1.82) is 0 Å². The fourth-order valence-electron chi connectivity index (χ4n) is 2.98. The topological polar surface area (TPSA) is 18.5 Å². The van der Waals surface area contributed by atoms with Gasteiger partial charge in [0.15, 0.2) is 0 Å². The highest BCUT2D eigenvalue weighted by atomic mass is 15.2. The van der Waals surface area contributed by atoms with Crippen molar-refractivity contribution < 1.29 is 0 Å². The Kier molecular flexibility index (Phi) is 7.20. The lowest BCUT2D eigenvalue weighted by atomic mass is 9.93. The first-order chi connectivity index (χ1) is 8.58. The van der Waals surface area contributed by atoms with E-state index in [2.05, 4.69) is 50.0 Å². The second-order valence-electron chi connectivity index (χ2n) is 6.08. The maximum atomic E-state index is 3.73. The SMILES string of the molecule is CCNC(CC(C)CC)C1CN(C)CCCN1C. The van der Waals surface area contributed by atoms with Crippen LogP contribution in [0.1, 0.15) is 40.0 Å². The van der Waals surface area contributed by atoms with Gasteiger partial charge in [0.1, 0.15) is 0 Å². The van der Waals surface area contributed by atoms with Gasteiger partial charge in [-0.3, -0.25) is 0 Å². The monoisotopic (exact) mass is 255 g/mol. The normalized spacial score (nSPS) is 26.8. The van der Waals surface area contributed by atoms with Crippen molar-refractivity contribution in [3.63, 3.8) is 0 Å². The molecule has 1 heterocycles. The first-order valence-electron chi connectivity index (χ1n) is 7.70. The Bertz CT molecular complexity index is 220. The van der Waals surface area contributed by atoms with E-state index in [-0.39, 0.29) is 0 Å². The van der Waals surface area contributed by atoms with Crippen LogP contribution < -0.4 is 5.32 Å². The van der Waals surface area contributed by atoms with E-state index in [9.17, 15) is 0 Å². The van der Waals surface area contributed by atoms with E-state index in [1.165, 1.54) is 38.9 Å². The highest BCUT2D eigenvalue weighted by molar-refractivity contribution is 4.88. The number of likely N-dealkylation sites (N-methyl/N-ethyl adjacent to an activating group) is 3. The van der Waals surface area contributed by atoms with Crippen molar-refractivity contribution >= 4 is 0 Å². The third kappa shape index (κ3) is 4.87. The molecule has 3 heteroatoms. The molecular weight excluding hydrogens is 222 g/mol. The fourth-order valence-corrected chi connectivity index (χ4v) is 2.98. The van der Waals surface area contributed by atoms with Gasteiger partial charge in [-0.2, -0.15) is 0 Å². The van der Waals surface area contributed by atoms with E-state index in [1.807, 2.05) is 0 Å². The summed E-state index contributed by atoms with van der Waals surface area (Å²) in [6.45, 7) is 11.7. The molecule has 1 N–H and O–H groups in total. The lowest BCUT2D eigenvalue weighted by Crippen LogP contribution is -2.52. The standard InChI is InChI=1S/C15H33N3/c1-6-13(3)11-14(16-7-2)15-12-17(4)9-8-10-18(15)5/h13-16H,6-12H2,1-5H3. The smallest absolute Gasteiger partial charge is 0.0373 e. The zero-order valence-corrected chi connectivity index (χ0v) is 13.1. The lowest BCUT2D eigenvalue weighted by molar-refractivity contribution is 0.163. The Balaban J connectivity index is 2.67. The zero-order chi connectivity index (χ0) is 13.5. The molecule has 0 amide bonds. The fraction of sp³-hybridized carbons (Fsp3) is 1.00. The van der Waals surface area contributed by atoms with Gasteiger partial charge in [-0.05, 0) is 52.5 Å². The first-order valence-corrected chi connectivity index (χ1v) is 7.70. The molecule has 0 aliphatic carbocycles. The van der Waals surface area contributed by atoms with E-state index < -0.39 is 0 Å². The summed E-state index contributed by atoms with van der Waals surface area (Å²) in [5.41, 5.74) is 0. The summed E-state index contributed by atoms with van der Waals surface area (Å²) in [5.74, 6) is 0.816. The van der Waals surface area contributed by atoms with Crippen molar-refractivity contribution in [2.75, 3.05) is 40.3 Å². The second kappa shape index (κ2) is 8.13. The molecule has 3 atom stereocenters. The molecule has 0 aromatic carbocycles. The van der Waals surface area contributed by atoms with Gasteiger partial charge in [0.2, 0.25) is 0 Å². The molecule has 3 unspecified atom stereocenters. The molecule has 0 spiro atoms. The molecule has 0 saturated carbocycles. The Morgan fingerprint density at radius 1 is 1.22 bits per heavy atom. The molecule has 18 heavy (non-hydrogen) atoms. The quantitative estimate of drug-likeness (QED) is 0.783. The molecule has 1 fully saturated rings. The molecule has 0 aromatic heterocycles. The largest absolute Gasteiger partial charge is 0.313 e. The summed E-state index contributed by atoms with van der Waals surface area (Å²) in [5, 5.41) is 3.73. The van der Waals surface area contributed by atoms with Gasteiger partial charge in [0.25, 0.3) is 0 Å². The van der Waals surface area contributed by atoms with Crippen LogP contribution in [0, 0.1) is 5.92 Å². The molecule has 1 aliphatic rings. The third-order valence-corrected chi connectivity index (χ3v) is 4.40. The minimum absolute atomic E-state index is 0.635. The van der Waals surface area contributed by atoms with Crippen molar-refractivity contribution in [3.8, 4) is 0 Å². The van der Waals surface area contributed by atoms with Crippen LogP contribution in [0.2, 0.25) is 0 Å². The van der Waals surface area contributed by atoms with Crippen LogP contribution in [0.3, 0.4) is 0 Å². The van der Waals surface area contributed by atoms with E-state index >= 15 is 0 Å². The van der Waals surface area contributed by atoms with Crippen LogP contribution in [0.5, 0.6) is 0 Å². The van der Waals surface area contributed by atoms with E-state index in [0.29, 0.717) is 12.1 Å². The summed E-state index contributed by atoms with van der Waals surface area (Å²) < 4.78 is 0. The molecule has 0 aromatic rings. The van der Waals surface area contributed by atoms with Gasteiger partial charge >= 0.3 is 0 Å². The van der Waals surface area contributed by atoms with Crippen LogP contribution >= 0.6 is 0 Å². The van der Waals surface area contributed by atoms with Crippen molar-refractivity contribution in [1.82, 2.24) is 15.1 Å². The maximum absolute atomic E-state index is 3.73. The van der Waals surface area contributed by atoms with Crippen molar-refractivity contribution in [2.24, 2.45) is 5.92 Å². The van der Waals surface area contributed by atoms with Crippen LogP contribution in [0.25, 0.3) is 0 Å². The molecule has 1 rings (SSSR count). The Hall–Kier alpha value is -0.120. The van der Waals surface area contributed by atoms with Gasteiger partial charge in [-0.15, -0.1) is 0 Å². The Morgan fingerprint density at radius 3 is 2.56 bits per heavy atom. The van der Waals surface area contributed by atoms with Gasteiger partial charge in [0.05, 0.1) is 0 Å². The molecule has 1 aliphatic heterocycles. The number of nitrogens with one attached hydrogen (secondary N) is 1. The second-order valence-corrected chi connectivity index (χ2v) is 6.08. The minimum Gasteiger partial charge on any atom is -0.313 e. The highest BCUT2D eigenvalue weighted by Crippen LogP contribution is 2.18. The minimum atomic E-state index is 0.635. The zero-order valence-electron chi connectivity index (χ0n) is 13.1. The average molecular weight is 255 g/mol. The number of rotatable bonds is 6. The molecule has 0 radical (unpaired) electrons. The molecule has 108 valence electrons. The van der Waals surface area contributed by atoms with Crippen LogP contribution in [-0.2, 0) is 0 Å². The molecule has 1 saturated heterocycles. The summed E-state index contributed by atoms with van der Waals surface area (Å²) in [6, 6.07) is 1.29. The van der Waals surface area contributed by atoms with Crippen LogP contribution in [0.15, 0.2) is 0 Å². The predicted octanol–water partition coefficient (Wildman–Crippen LogP) is 2.04. The molecule has 3 nitrogen and oxygen atoms in total. The summed E-state index contributed by atoms with van der Waals surface area (Å²) >= 11 is 0. The van der Waals surface area contributed by atoms with Gasteiger partial charge in [-0.25, -0.2) is 0 Å². The lowest BCUT2D eigenvalue weighted by Gasteiger charge is -2.36. The van der Waals surface area contributed by atoms with E-state index in [4.69, 9.17) is 0 Å². The molecule has 0 bridgehead atoms. The summed E-state index contributed by atoms with van der Waals surface area (Å²) in [7, 11) is 4.56. The molecular formula is C15H33N3. The van der Waals surface area contributed by atoms with Gasteiger partial charge in [0, 0.05) is 18.6 Å². The van der Waals surface area contributed by atoms with Gasteiger partial charge < -0.3 is 15.1 Å². The summed E-state index contributed by atoms with van der Waals surface area (Å²) in [6.07, 6.45) is 3.88. The predicted molar refractivity (Wildman–Crippen MR) is 80.1 cm³/mol. The van der Waals surface area contributed by atoms with Gasteiger partial charge in [-0.1, -0.05) is 27.2 Å². The Labute approximate surface area is 114 Å². The highest BCUT2D eigenvalue weighted by Gasteiger charge is 2.28. The number of hydrogen-bond donors (Lipinski definition) is 1. The average Bonchev–Trinajstić information content (AvgIpc) is 2.50. The van der Waals surface area contributed by atoms with Crippen molar-refractivity contribution in [3.05, 3.63) is 0 Å². The Morgan fingerprint density at radius 2 is 1.94 bits per heavy atom. The van der Waals surface area contributed by atoms with E-state index in [0.717, 1.165) is 12.5 Å². The van der Waals surface area contributed by atoms with Crippen LogP contribution in [-0.4, -0.2) is 62.2 Å². The first kappa shape index (κ1) is 15.9. The van der Waals surface area contributed by atoms with Crippen LogP contribution in [0.4, 0.5) is 0 Å². The van der Waals surface area contributed by atoms with Crippen molar-refractivity contribution in [2.45, 2.75) is 52.1 Å². The number of hydrogen-bond acceptors (Lipinski definition) is 3. The summed E-state index contributed by atoms with van der Waals surface area (Å²) in [4.78, 5) is 5.06. The third-order valence-electron chi connectivity index (χ3n) is 4.40. The van der Waals surface area contributed by atoms with E-state index in [1.54, 1.807) is 0 Å². The number of nitrogens with zero attached hydrogens (tertiary/aromatic N) is 2.